The van der Waals surface area contributed by atoms with Crippen molar-refractivity contribution in [2.24, 2.45) is 0 Å². The lowest BCUT2D eigenvalue weighted by atomic mass is 10.2. The van der Waals surface area contributed by atoms with E-state index in [1.165, 1.54) is 0 Å². The second kappa shape index (κ2) is 6.40. The molecule has 82 valence electrons. The maximum atomic E-state index is 11.7. The number of rotatable bonds is 5. The fraction of sp³-hybridized carbons (Fsp3) is 0.800. The molecule has 0 aromatic carbocycles. The number of nitrogens with zero attached hydrogens (tertiary/aromatic N) is 1. The highest BCUT2D eigenvalue weighted by atomic mass is 16.2. The zero-order valence-electron chi connectivity index (χ0n) is 9.46. The van der Waals surface area contributed by atoms with Gasteiger partial charge in [-0.05, 0) is 20.8 Å². The third kappa shape index (κ3) is 3.77. The van der Waals surface area contributed by atoms with Crippen molar-refractivity contribution in [2.45, 2.75) is 40.2 Å². The number of nitrogens with one attached hydrogen (secondary N) is 1. The fourth-order valence-corrected chi connectivity index (χ4v) is 1.21. The third-order valence-corrected chi connectivity index (χ3v) is 2.14. The van der Waals surface area contributed by atoms with Crippen molar-refractivity contribution in [3.8, 4) is 0 Å². The summed E-state index contributed by atoms with van der Waals surface area (Å²) in [6.45, 7) is 8.70. The van der Waals surface area contributed by atoms with Crippen LogP contribution in [0.2, 0.25) is 0 Å². The smallest absolute Gasteiger partial charge is 0.244 e. The molecule has 0 fully saturated rings. The predicted octanol–water partition coefficient (Wildman–Crippen LogP) is 0.769. The topological polar surface area (TPSA) is 49.4 Å². The van der Waals surface area contributed by atoms with Gasteiger partial charge in [0.2, 0.25) is 11.8 Å². The van der Waals surface area contributed by atoms with Crippen LogP contribution in [0.1, 0.15) is 34.1 Å². The van der Waals surface area contributed by atoms with Crippen LogP contribution in [0.4, 0.5) is 0 Å². The summed E-state index contributed by atoms with van der Waals surface area (Å²) in [5.74, 6) is -0.102. The maximum Gasteiger partial charge on any atom is 0.244 e. The van der Waals surface area contributed by atoms with Crippen LogP contribution in [0, 0.1) is 0 Å². The van der Waals surface area contributed by atoms with Gasteiger partial charge in [0.25, 0.3) is 0 Å². The number of hydrogen-bond donors (Lipinski definition) is 1. The highest BCUT2D eigenvalue weighted by molar-refractivity contribution is 5.87. The molecule has 0 aliphatic rings. The van der Waals surface area contributed by atoms with E-state index in [-0.39, 0.29) is 11.8 Å². The van der Waals surface area contributed by atoms with E-state index in [1.54, 1.807) is 18.7 Å². The molecule has 0 aromatic heterocycles. The van der Waals surface area contributed by atoms with Gasteiger partial charge in [-0.15, -0.1) is 0 Å². The van der Waals surface area contributed by atoms with E-state index in [0.717, 1.165) is 0 Å². The van der Waals surface area contributed by atoms with Crippen LogP contribution in [0.3, 0.4) is 0 Å². The highest BCUT2D eigenvalue weighted by Crippen LogP contribution is 1.95. The summed E-state index contributed by atoms with van der Waals surface area (Å²) >= 11 is 0. The van der Waals surface area contributed by atoms with Gasteiger partial charge in [-0.2, -0.15) is 0 Å². The van der Waals surface area contributed by atoms with Crippen molar-refractivity contribution < 1.29 is 9.59 Å². The minimum Gasteiger partial charge on any atom is -0.345 e. The van der Waals surface area contributed by atoms with Gasteiger partial charge < -0.3 is 10.2 Å². The first kappa shape index (κ1) is 12.9. The summed E-state index contributed by atoms with van der Waals surface area (Å²) in [6, 6.07) is -0.414. The average Bonchev–Trinajstić information content (AvgIpc) is 2.19. The molecule has 0 radical (unpaired) electrons. The number of likely N-dealkylation sites (N-methyl/N-ethyl adjacent to an activating group) is 1. The lowest BCUT2D eigenvalue weighted by Gasteiger charge is -2.23. The van der Waals surface area contributed by atoms with E-state index in [1.807, 2.05) is 13.8 Å². The van der Waals surface area contributed by atoms with Gasteiger partial charge in [0.05, 0.1) is 0 Å². The normalized spacial score (nSPS) is 12.0. The molecule has 4 nitrogen and oxygen atoms in total. The van der Waals surface area contributed by atoms with Crippen molar-refractivity contribution in [3.05, 3.63) is 0 Å². The molecule has 0 aromatic rings. The Balaban J connectivity index is 4.16. The Morgan fingerprint density at radius 3 is 2.07 bits per heavy atom. The van der Waals surface area contributed by atoms with Crippen LogP contribution in [-0.2, 0) is 9.59 Å². The molecule has 1 N–H and O–H groups in total. The summed E-state index contributed by atoms with van der Waals surface area (Å²) in [4.78, 5) is 24.4. The van der Waals surface area contributed by atoms with Crippen molar-refractivity contribution in [1.82, 2.24) is 10.2 Å². The van der Waals surface area contributed by atoms with E-state index in [4.69, 9.17) is 0 Å². The van der Waals surface area contributed by atoms with Gasteiger partial charge in [0.1, 0.15) is 6.04 Å². The van der Waals surface area contributed by atoms with Gasteiger partial charge in [-0.3, -0.25) is 9.59 Å². The minimum atomic E-state index is -0.414. The zero-order valence-corrected chi connectivity index (χ0v) is 9.46. The maximum absolute atomic E-state index is 11.7. The molecule has 0 heterocycles. The molecule has 0 spiro atoms. The highest BCUT2D eigenvalue weighted by Gasteiger charge is 2.18. The number of hydrogen-bond acceptors (Lipinski definition) is 2. The van der Waals surface area contributed by atoms with Gasteiger partial charge >= 0.3 is 0 Å². The van der Waals surface area contributed by atoms with Crippen LogP contribution in [-0.4, -0.2) is 35.8 Å². The Labute approximate surface area is 85.7 Å². The number of amides is 2. The lowest BCUT2D eigenvalue weighted by molar-refractivity contribution is -0.135. The van der Waals surface area contributed by atoms with Crippen LogP contribution in [0.5, 0.6) is 0 Å². The molecule has 0 aliphatic heterocycles. The summed E-state index contributed by atoms with van der Waals surface area (Å²) in [6.07, 6.45) is 0.413. The first-order valence-electron chi connectivity index (χ1n) is 5.14. The van der Waals surface area contributed by atoms with E-state index >= 15 is 0 Å². The largest absolute Gasteiger partial charge is 0.345 e. The van der Waals surface area contributed by atoms with Crippen molar-refractivity contribution in [1.29, 1.82) is 0 Å². The molecule has 0 bridgehead atoms. The monoisotopic (exact) mass is 200 g/mol. The summed E-state index contributed by atoms with van der Waals surface area (Å²) in [5, 5.41) is 2.65. The van der Waals surface area contributed by atoms with Crippen molar-refractivity contribution in [3.63, 3.8) is 0 Å². The summed E-state index contributed by atoms with van der Waals surface area (Å²) < 4.78 is 0. The lowest BCUT2D eigenvalue weighted by Crippen LogP contribution is -2.46. The Morgan fingerprint density at radius 2 is 1.71 bits per heavy atom. The van der Waals surface area contributed by atoms with Crippen LogP contribution in [0.25, 0.3) is 0 Å². The average molecular weight is 200 g/mol. The zero-order chi connectivity index (χ0) is 11.1. The predicted molar refractivity (Wildman–Crippen MR) is 55.8 cm³/mol. The first-order valence-corrected chi connectivity index (χ1v) is 5.14. The van der Waals surface area contributed by atoms with E-state index in [0.29, 0.717) is 19.5 Å². The van der Waals surface area contributed by atoms with E-state index < -0.39 is 6.04 Å². The van der Waals surface area contributed by atoms with E-state index in [9.17, 15) is 9.59 Å². The SMILES string of the molecule is CCC(=O)N[C@H](C)C(=O)N(CC)CC. The molecule has 2 amide bonds. The van der Waals surface area contributed by atoms with E-state index in [2.05, 4.69) is 5.32 Å². The van der Waals surface area contributed by atoms with Crippen LogP contribution >= 0.6 is 0 Å². The van der Waals surface area contributed by atoms with Crippen LogP contribution in [0.15, 0.2) is 0 Å². The number of carbonyl (C=O) groups excluding carboxylic acids is 2. The second-order valence-electron chi connectivity index (χ2n) is 3.15. The van der Waals surface area contributed by atoms with Gasteiger partial charge in [0.15, 0.2) is 0 Å². The standard InChI is InChI=1S/C10H20N2O2/c1-5-9(13)11-8(4)10(14)12(6-2)7-3/h8H,5-7H2,1-4H3,(H,11,13)/t8-/m1/s1. The molecular formula is C10H20N2O2. The molecule has 0 rings (SSSR count). The first-order chi connectivity index (χ1) is 6.56. The minimum absolute atomic E-state index is 0.0169. The molecule has 14 heavy (non-hydrogen) atoms. The molecule has 1 atom stereocenters. The van der Waals surface area contributed by atoms with Gasteiger partial charge in [-0.25, -0.2) is 0 Å². The van der Waals surface area contributed by atoms with Gasteiger partial charge in [0, 0.05) is 19.5 Å². The fourth-order valence-electron chi connectivity index (χ4n) is 1.21. The summed E-state index contributed by atoms with van der Waals surface area (Å²) in [5.41, 5.74) is 0. The Morgan fingerprint density at radius 1 is 1.21 bits per heavy atom. The molecule has 0 unspecified atom stereocenters. The Kier molecular flexibility index (Phi) is 5.92. The number of carbonyl (C=O) groups is 2. The molecule has 0 aliphatic carbocycles. The Bertz CT molecular complexity index is 200. The summed E-state index contributed by atoms with van der Waals surface area (Å²) in [7, 11) is 0. The van der Waals surface area contributed by atoms with Crippen LogP contribution < -0.4 is 5.32 Å². The third-order valence-electron chi connectivity index (χ3n) is 2.14. The molecule has 0 saturated carbocycles. The van der Waals surface area contributed by atoms with Crippen molar-refractivity contribution in [2.75, 3.05) is 13.1 Å². The van der Waals surface area contributed by atoms with Crippen molar-refractivity contribution >= 4 is 11.8 Å². The second-order valence-corrected chi connectivity index (χ2v) is 3.15. The van der Waals surface area contributed by atoms with Gasteiger partial charge in [-0.1, -0.05) is 6.92 Å². The Hall–Kier alpha value is -1.06. The molecular weight excluding hydrogens is 180 g/mol. The molecule has 4 heteroatoms. The molecule has 0 saturated heterocycles. The quantitative estimate of drug-likeness (QED) is 0.712.